The average Bonchev–Trinajstić information content (AvgIpc) is 2.88. The largest absolute Gasteiger partial charge is 0.476 e. The third kappa shape index (κ3) is 3.57. The number of alkyl halides is 3. The molecule has 9 heteroatoms. The molecule has 110 valence electrons. The summed E-state index contributed by atoms with van der Waals surface area (Å²) in [6, 6.07) is 3.87. The number of hydrogen-bond acceptors (Lipinski definition) is 4. The van der Waals surface area contributed by atoms with Gasteiger partial charge < -0.3 is 10.4 Å². The van der Waals surface area contributed by atoms with Gasteiger partial charge in [0.05, 0.1) is 5.56 Å². The monoisotopic (exact) mass is 316 g/mol. The number of halogens is 3. The Morgan fingerprint density at radius 3 is 2.29 bits per heavy atom. The van der Waals surface area contributed by atoms with Crippen molar-refractivity contribution in [2.75, 3.05) is 5.32 Å². The fourth-order valence-electron chi connectivity index (χ4n) is 1.40. The molecule has 0 bridgehead atoms. The van der Waals surface area contributed by atoms with E-state index in [4.69, 9.17) is 5.11 Å². The van der Waals surface area contributed by atoms with Crippen molar-refractivity contribution in [3.05, 3.63) is 45.9 Å². The summed E-state index contributed by atoms with van der Waals surface area (Å²) in [6.07, 6.45) is -4.45. The van der Waals surface area contributed by atoms with Gasteiger partial charge in [-0.15, -0.1) is 11.3 Å². The predicted octanol–water partition coefficient (Wildman–Crippen LogP) is 3.11. The fraction of sp³-hybridized carbons (Fsp3) is 0.0833. The number of carboxylic acid groups (broad SMARTS) is 1. The zero-order valence-corrected chi connectivity index (χ0v) is 11.0. The molecule has 1 aromatic heterocycles. The van der Waals surface area contributed by atoms with Crippen molar-refractivity contribution in [2.24, 2.45) is 0 Å². The van der Waals surface area contributed by atoms with Crippen molar-refractivity contribution >= 4 is 28.9 Å². The van der Waals surface area contributed by atoms with Crippen LogP contribution in [0.5, 0.6) is 0 Å². The number of hydrogen-bond donors (Lipinski definition) is 2. The molecule has 0 unspecified atom stereocenters. The third-order valence-corrected chi connectivity index (χ3v) is 3.23. The summed E-state index contributed by atoms with van der Waals surface area (Å²) in [6.45, 7) is 0. The van der Waals surface area contributed by atoms with Gasteiger partial charge >= 0.3 is 12.1 Å². The van der Waals surface area contributed by atoms with E-state index in [1.807, 2.05) is 0 Å². The van der Waals surface area contributed by atoms with E-state index >= 15 is 0 Å². The number of amides is 1. The van der Waals surface area contributed by atoms with Gasteiger partial charge in [0.25, 0.3) is 5.91 Å². The lowest BCUT2D eigenvalue weighted by Crippen LogP contribution is -2.12. The van der Waals surface area contributed by atoms with E-state index in [1.165, 1.54) is 5.38 Å². The predicted molar refractivity (Wildman–Crippen MR) is 68.5 cm³/mol. The maximum absolute atomic E-state index is 12.4. The Kier molecular flexibility index (Phi) is 3.94. The minimum Gasteiger partial charge on any atom is -0.476 e. The minimum absolute atomic E-state index is 0.0905. The lowest BCUT2D eigenvalue weighted by molar-refractivity contribution is -0.137. The lowest BCUT2D eigenvalue weighted by atomic mass is 10.2. The first kappa shape index (κ1) is 15.0. The van der Waals surface area contributed by atoms with Crippen molar-refractivity contribution in [2.45, 2.75) is 6.18 Å². The molecule has 1 aromatic carbocycles. The number of carbonyl (C=O) groups excluding carboxylic acids is 1. The third-order valence-electron chi connectivity index (χ3n) is 2.39. The summed E-state index contributed by atoms with van der Waals surface area (Å²) in [5.41, 5.74) is -0.944. The van der Waals surface area contributed by atoms with Crippen molar-refractivity contribution in [3.8, 4) is 0 Å². The number of carbonyl (C=O) groups is 2. The fourth-order valence-corrected chi connectivity index (χ4v) is 2.09. The highest BCUT2D eigenvalue weighted by molar-refractivity contribution is 7.12. The SMILES string of the molecule is O=C(O)c1csc(C(=O)Nc2ccc(C(F)(F)F)cc2)n1. The molecule has 5 nitrogen and oxygen atoms in total. The van der Waals surface area contributed by atoms with Crippen molar-refractivity contribution in [1.29, 1.82) is 0 Å². The molecule has 1 heterocycles. The highest BCUT2D eigenvalue weighted by atomic mass is 32.1. The number of aromatic carboxylic acids is 1. The van der Waals surface area contributed by atoms with Crippen LogP contribution in [0.15, 0.2) is 29.6 Å². The number of carboxylic acids is 1. The Morgan fingerprint density at radius 1 is 1.19 bits per heavy atom. The van der Waals surface area contributed by atoms with Gasteiger partial charge in [-0.05, 0) is 24.3 Å². The zero-order chi connectivity index (χ0) is 15.6. The topological polar surface area (TPSA) is 79.3 Å². The van der Waals surface area contributed by atoms with E-state index in [9.17, 15) is 22.8 Å². The number of rotatable bonds is 3. The van der Waals surface area contributed by atoms with Crippen LogP contribution in [0.25, 0.3) is 0 Å². The number of anilines is 1. The number of aromatic nitrogens is 1. The van der Waals surface area contributed by atoms with E-state index in [-0.39, 0.29) is 16.4 Å². The summed E-state index contributed by atoms with van der Waals surface area (Å²) >= 11 is 0.829. The van der Waals surface area contributed by atoms with E-state index in [1.54, 1.807) is 0 Å². The molecule has 21 heavy (non-hydrogen) atoms. The molecular formula is C12H7F3N2O3S. The van der Waals surface area contributed by atoms with Gasteiger partial charge in [0.2, 0.25) is 0 Å². The Labute approximate surface area is 120 Å². The summed E-state index contributed by atoms with van der Waals surface area (Å²) in [7, 11) is 0. The van der Waals surface area contributed by atoms with E-state index in [2.05, 4.69) is 10.3 Å². The Morgan fingerprint density at radius 2 is 1.81 bits per heavy atom. The molecule has 2 rings (SSSR count). The standard InChI is InChI=1S/C12H7F3N2O3S/c13-12(14,15)6-1-3-7(4-2-6)16-9(18)10-17-8(5-21-10)11(19)20/h1-5H,(H,16,18)(H,19,20). The molecule has 0 aliphatic heterocycles. The minimum atomic E-state index is -4.45. The lowest BCUT2D eigenvalue weighted by Gasteiger charge is -2.07. The molecule has 1 amide bonds. The molecule has 0 aliphatic carbocycles. The molecule has 0 aliphatic rings. The highest BCUT2D eigenvalue weighted by Gasteiger charge is 2.30. The second-order valence-corrected chi connectivity index (χ2v) is 4.73. The molecule has 0 saturated heterocycles. The first-order chi connectivity index (χ1) is 9.77. The number of benzene rings is 1. The summed E-state index contributed by atoms with van der Waals surface area (Å²) in [5, 5.41) is 12.1. The van der Waals surface area contributed by atoms with Crippen LogP contribution in [0.1, 0.15) is 25.9 Å². The van der Waals surface area contributed by atoms with Gasteiger partial charge in [-0.25, -0.2) is 9.78 Å². The first-order valence-electron chi connectivity index (χ1n) is 5.45. The normalized spacial score (nSPS) is 11.2. The summed E-state index contributed by atoms with van der Waals surface area (Å²) in [5.74, 6) is -1.95. The van der Waals surface area contributed by atoms with E-state index in [0.29, 0.717) is 0 Å². The average molecular weight is 316 g/mol. The summed E-state index contributed by atoms with van der Waals surface area (Å²) < 4.78 is 37.1. The van der Waals surface area contributed by atoms with Crippen LogP contribution >= 0.6 is 11.3 Å². The second kappa shape index (κ2) is 5.52. The van der Waals surface area contributed by atoms with Crippen molar-refractivity contribution < 1.29 is 27.9 Å². The first-order valence-corrected chi connectivity index (χ1v) is 6.33. The van der Waals surface area contributed by atoms with Crippen LogP contribution < -0.4 is 5.32 Å². The molecule has 2 aromatic rings. The molecule has 0 spiro atoms. The van der Waals surface area contributed by atoms with Crippen LogP contribution in [-0.4, -0.2) is 22.0 Å². The van der Waals surface area contributed by atoms with Crippen molar-refractivity contribution in [3.63, 3.8) is 0 Å². The smallest absolute Gasteiger partial charge is 0.416 e. The van der Waals surface area contributed by atoms with Gasteiger partial charge in [-0.2, -0.15) is 13.2 Å². The number of nitrogens with zero attached hydrogens (tertiary/aromatic N) is 1. The van der Waals surface area contributed by atoms with Crippen LogP contribution in [0, 0.1) is 0 Å². The molecule has 2 N–H and O–H groups in total. The molecule has 0 fully saturated rings. The Bertz CT molecular complexity index is 680. The van der Waals surface area contributed by atoms with E-state index in [0.717, 1.165) is 35.6 Å². The van der Waals surface area contributed by atoms with Crippen molar-refractivity contribution in [1.82, 2.24) is 4.98 Å². The zero-order valence-electron chi connectivity index (χ0n) is 10.1. The van der Waals surface area contributed by atoms with Gasteiger partial charge in [0.15, 0.2) is 10.7 Å². The maximum atomic E-state index is 12.4. The highest BCUT2D eigenvalue weighted by Crippen LogP contribution is 2.29. The van der Waals surface area contributed by atoms with Crippen LogP contribution in [0.3, 0.4) is 0 Å². The molecule has 0 radical (unpaired) electrons. The molecule has 0 atom stereocenters. The molecular weight excluding hydrogens is 309 g/mol. The number of nitrogens with one attached hydrogen (secondary N) is 1. The number of thiazole rings is 1. The second-order valence-electron chi connectivity index (χ2n) is 3.87. The quantitative estimate of drug-likeness (QED) is 0.912. The van der Waals surface area contributed by atoms with Gasteiger partial charge in [0, 0.05) is 11.1 Å². The van der Waals surface area contributed by atoms with Gasteiger partial charge in [-0.1, -0.05) is 0 Å². The van der Waals surface area contributed by atoms with Crippen LogP contribution in [-0.2, 0) is 6.18 Å². The summed E-state index contributed by atoms with van der Waals surface area (Å²) in [4.78, 5) is 26.0. The van der Waals surface area contributed by atoms with E-state index < -0.39 is 23.6 Å². The van der Waals surface area contributed by atoms with Crippen LogP contribution in [0.2, 0.25) is 0 Å². The van der Waals surface area contributed by atoms with Crippen LogP contribution in [0.4, 0.5) is 18.9 Å². The van der Waals surface area contributed by atoms with Gasteiger partial charge in [-0.3, -0.25) is 4.79 Å². The Hall–Kier alpha value is -2.42. The molecule has 0 saturated carbocycles. The Balaban J connectivity index is 2.10. The maximum Gasteiger partial charge on any atom is 0.416 e. The van der Waals surface area contributed by atoms with Gasteiger partial charge in [0.1, 0.15) is 0 Å².